The van der Waals surface area contributed by atoms with Gasteiger partial charge >= 0.3 is 0 Å². The fraction of sp³-hybridized carbons (Fsp3) is 0.556. The monoisotopic (exact) mass is 229 g/mol. The molecule has 0 aliphatic carbocycles. The smallest absolute Gasteiger partial charge is 0.239 e. The van der Waals surface area contributed by atoms with Crippen LogP contribution in [-0.4, -0.2) is 34.3 Å². The number of nitrogens with one attached hydrogen (secondary N) is 1. The average molecular weight is 229 g/mol. The van der Waals surface area contributed by atoms with Gasteiger partial charge in [-0.2, -0.15) is 4.98 Å². The summed E-state index contributed by atoms with van der Waals surface area (Å²) in [5.41, 5.74) is 1.29. The number of hydrogen-bond acceptors (Lipinski definition) is 6. The second-order valence-electron chi connectivity index (χ2n) is 4.18. The van der Waals surface area contributed by atoms with Crippen molar-refractivity contribution in [2.45, 2.75) is 19.4 Å². The highest BCUT2D eigenvalue weighted by molar-refractivity contribution is 5.43. The molecule has 0 radical (unpaired) electrons. The molecule has 0 amide bonds. The molecule has 16 heavy (non-hydrogen) atoms. The summed E-state index contributed by atoms with van der Waals surface area (Å²) < 4.78 is 13.4. The fourth-order valence-corrected chi connectivity index (χ4v) is 1.35. The van der Waals surface area contributed by atoms with E-state index in [0.717, 1.165) is 6.20 Å². The van der Waals surface area contributed by atoms with Gasteiger partial charge in [-0.3, -0.25) is 5.43 Å². The van der Waals surface area contributed by atoms with Crippen molar-refractivity contribution in [2.75, 3.05) is 23.9 Å². The third-order valence-electron chi connectivity index (χ3n) is 1.84. The summed E-state index contributed by atoms with van der Waals surface area (Å²) in [7, 11) is 1.63. The SMILES string of the molecule is CN(CC(C)(C)O)c1nc(NN)ncc1F. The van der Waals surface area contributed by atoms with E-state index >= 15 is 0 Å². The molecule has 0 unspecified atom stereocenters. The second-order valence-corrected chi connectivity index (χ2v) is 4.18. The molecule has 0 saturated heterocycles. The van der Waals surface area contributed by atoms with Crippen molar-refractivity contribution in [1.29, 1.82) is 0 Å². The minimum absolute atomic E-state index is 0.0880. The molecule has 0 aliphatic rings. The summed E-state index contributed by atoms with van der Waals surface area (Å²) in [4.78, 5) is 8.99. The lowest BCUT2D eigenvalue weighted by Crippen LogP contribution is -2.37. The molecule has 0 aromatic carbocycles. The van der Waals surface area contributed by atoms with Crippen LogP contribution in [0.3, 0.4) is 0 Å². The number of aliphatic hydroxyl groups is 1. The van der Waals surface area contributed by atoms with Gasteiger partial charge in [-0.05, 0) is 13.8 Å². The van der Waals surface area contributed by atoms with Gasteiger partial charge in [0.1, 0.15) is 0 Å². The first-order valence-corrected chi connectivity index (χ1v) is 4.76. The molecule has 1 rings (SSSR count). The average Bonchev–Trinajstić information content (AvgIpc) is 2.15. The minimum atomic E-state index is -0.942. The molecule has 0 bridgehead atoms. The van der Waals surface area contributed by atoms with E-state index in [2.05, 4.69) is 15.4 Å². The largest absolute Gasteiger partial charge is 0.389 e. The van der Waals surface area contributed by atoms with Gasteiger partial charge in [-0.25, -0.2) is 15.2 Å². The van der Waals surface area contributed by atoms with Crippen LogP contribution in [0.5, 0.6) is 0 Å². The van der Waals surface area contributed by atoms with Crippen molar-refractivity contribution in [3.63, 3.8) is 0 Å². The van der Waals surface area contributed by atoms with Gasteiger partial charge in [0, 0.05) is 13.6 Å². The van der Waals surface area contributed by atoms with Crippen LogP contribution in [0.25, 0.3) is 0 Å². The first kappa shape index (κ1) is 12.6. The normalized spacial score (nSPS) is 11.4. The predicted molar refractivity (Wildman–Crippen MR) is 59.4 cm³/mol. The molecule has 0 atom stereocenters. The third kappa shape index (κ3) is 3.28. The van der Waals surface area contributed by atoms with Gasteiger partial charge in [-0.1, -0.05) is 0 Å². The number of hydrogen-bond donors (Lipinski definition) is 3. The van der Waals surface area contributed by atoms with Gasteiger partial charge in [0.05, 0.1) is 11.8 Å². The van der Waals surface area contributed by atoms with Crippen molar-refractivity contribution in [1.82, 2.24) is 9.97 Å². The molecule has 4 N–H and O–H groups in total. The molecule has 0 saturated carbocycles. The molecule has 1 aromatic rings. The third-order valence-corrected chi connectivity index (χ3v) is 1.84. The molecule has 90 valence electrons. The summed E-state index contributed by atoms with van der Waals surface area (Å²) >= 11 is 0. The van der Waals surface area contributed by atoms with Crippen LogP contribution in [0.15, 0.2) is 6.20 Å². The first-order chi connectivity index (χ1) is 7.33. The van der Waals surface area contributed by atoms with E-state index in [1.54, 1.807) is 20.9 Å². The number of nitrogen functional groups attached to an aromatic ring is 1. The van der Waals surface area contributed by atoms with E-state index in [0.29, 0.717) is 0 Å². The maximum atomic E-state index is 13.4. The number of halogens is 1. The lowest BCUT2D eigenvalue weighted by atomic mass is 10.1. The van der Waals surface area contributed by atoms with E-state index in [-0.39, 0.29) is 18.3 Å². The Balaban J connectivity index is 2.93. The van der Waals surface area contributed by atoms with Crippen molar-refractivity contribution < 1.29 is 9.50 Å². The standard InChI is InChI=1S/C9H16FN5O/c1-9(2,16)5-15(3)7-6(10)4-12-8(13-7)14-11/h4,16H,5,11H2,1-3H3,(H,12,13,14). The summed E-state index contributed by atoms with van der Waals surface area (Å²) in [6.07, 6.45) is 1.03. The second kappa shape index (κ2) is 4.58. The Kier molecular flexibility index (Phi) is 3.61. The Morgan fingerprint density at radius 1 is 1.62 bits per heavy atom. The van der Waals surface area contributed by atoms with Crippen molar-refractivity contribution in [3.05, 3.63) is 12.0 Å². The molecule has 6 nitrogen and oxygen atoms in total. The number of hydrazine groups is 1. The van der Waals surface area contributed by atoms with E-state index in [1.807, 2.05) is 0 Å². The summed E-state index contributed by atoms with van der Waals surface area (Å²) in [6.45, 7) is 3.50. The highest BCUT2D eigenvalue weighted by atomic mass is 19.1. The summed E-state index contributed by atoms with van der Waals surface area (Å²) in [5, 5.41) is 9.62. The maximum Gasteiger partial charge on any atom is 0.239 e. The van der Waals surface area contributed by atoms with Crippen molar-refractivity contribution in [2.24, 2.45) is 5.84 Å². The molecule has 0 spiro atoms. The number of rotatable bonds is 4. The molecule has 0 fully saturated rings. The van der Waals surface area contributed by atoms with Crippen molar-refractivity contribution >= 4 is 11.8 Å². The fourth-order valence-electron chi connectivity index (χ4n) is 1.35. The van der Waals surface area contributed by atoms with E-state index < -0.39 is 11.4 Å². The van der Waals surface area contributed by atoms with Gasteiger partial charge in [0.15, 0.2) is 11.6 Å². The number of aromatic nitrogens is 2. The first-order valence-electron chi connectivity index (χ1n) is 4.76. The lowest BCUT2D eigenvalue weighted by molar-refractivity contribution is 0.0883. The zero-order chi connectivity index (χ0) is 12.3. The Labute approximate surface area is 93.3 Å². The molecule has 7 heteroatoms. The predicted octanol–water partition coefficient (Wildman–Crippen LogP) is 0.108. The van der Waals surface area contributed by atoms with E-state index in [9.17, 15) is 9.50 Å². The number of nitrogens with zero attached hydrogens (tertiary/aromatic N) is 3. The van der Waals surface area contributed by atoms with Crippen LogP contribution < -0.4 is 16.2 Å². The summed E-state index contributed by atoms with van der Waals surface area (Å²) in [5.74, 6) is 4.78. The van der Waals surface area contributed by atoms with Crippen molar-refractivity contribution in [3.8, 4) is 0 Å². The summed E-state index contributed by atoms with van der Waals surface area (Å²) in [6, 6.07) is 0. The van der Waals surface area contributed by atoms with E-state index in [1.165, 1.54) is 4.90 Å². The molecular weight excluding hydrogens is 213 g/mol. The molecular formula is C9H16FN5O. The number of likely N-dealkylation sites (N-methyl/N-ethyl adjacent to an activating group) is 1. The van der Waals surface area contributed by atoms with Crippen LogP contribution >= 0.6 is 0 Å². The Hall–Kier alpha value is -1.47. The van der Waals surface area contributed by atoms with Crippen LogP contribution in [0.4, 0.5) is 16.2 Å². The van der Waals surface area contributed by atoms with Crippen LogP contribution in [0.2, 0.25) is 0 Å². The van der Waals surface area contributed by atoms with Gasteiger partial charge in [0.2, 0.25) is 5.95 Å². The van der Waals surface area contributed by atoms with E-state index in [4.69, 9.17) is 5.84 Å². The Bertz CT molecular complexity index is 365. The lowest BCUT2D eigenvalue weighted by Gasteiger charge is -2.26. The zero-order valence-electron chi connectivity index (χ0n) is 9.53. The van der Waals surface area contributed by atoms with Gasteiger partial charge < -0.3 is 10.0 Å². The maximum absolute atomic E-state index is 13.4. The topological polar surface area (TPSA) is 87.3 Å². The van der Waals surface area contributed by atoms with Gasteiger partial charge in [-0.15, -0.1) is 0 Å². The minimum Gasteiger partial charge on any atom is -0.389 e. The van der Waals surface area contributed by atoms with Crippen LogP contribution in [0.1, 0.15) is 13.8 Å². The molecule has 1 aromatic heterocycles. The van der Waals surface area contributed by atoms with Crippen LogP contribution in [0, 0.1) is 5.82 Å². The molecule has 1 heterocycles. The molecule has 0 aliphatic heterocycles. The number of nitrogens with two attached hydrogens (primary N) is 1. The quantitative estimate of drug-likeness (QED) is 0.501. The Morgan fingerprint density at radius 3 is 2.75 bits per heavy atom. The van der Waals surface area contributed by atoms with Gasteiger partial charge in [0.25, 0.3) is 0 Å². The highest BCUT2D eigenvalue weighted by Gasteiger charge is 2.19. The Morgan fingerprint density at radius 2 is 2.25 bits per heavy atom. The zero-order valence-corrected chi connectivity index (χ0v) is 9.53. The highest BCUT2D eigenvalue weighted by Crippen LogP contribution is 2.17. The number of anilines is 2. The van der Waals surface area contributed by atoms with Crippen LogP contribution in [-0.2, 0) is 0 Å².